The third kappa shape index (κ3) is 2.75. The van der Waals surface area contributed by atoms with Crippen molar-refractivity contribution in [3.63, 3.8) is 0 Å². The summed E-state index contributed by atoms with van der Waals surface area (Å²) in [6.45, 7) is 4.31. The molecule has 2 rings (SSSR count). The van der Waals surface area contributed by atoms with Crippen molar-refractivity contribution < 1.29 is 8.42 Å². The number of hydrogen-bond donors (Lipinski definition) is 1. The number of nitrogens with zero attached hydrogens (tertiary/aromatic N) is 2. The number of hydrogen-bond acceptors (Lipinski definition) is 3. The van der Waals surface area contributed by atoms with Gasteiger partial charge in [-0.15, -0.1) is 0 Å². The summed E-state index contributed by atoms with van der Waals surface area (Å²) in [6, 6.07) is 0.0407. The molecule has 3 unspecified atom stereocenters. The van der Waals surface area contributed by atoms with E-state index in [9.17, 15) is 8.42 Å². The summed E-state index contributed by atoms with van der Waals surface area (Å²) in [6.07, 6.45) is 6.11. The monoisotopic (exact) mass is 271 g/mol. The molecule has 3 atom stereocenters. The molecule has 1 aliphatic rings. The van der Waals surface area contributed by atoms with Crippen LogP contribution >= 0.6 is 0 Å². The first-order valence-electron chi connectivity index (χ1n) is 6.41. The van der Waals surface area contributed by atoms with Gasteiger partial charge in [-0.1, -0.05) is 26.7 Å². The summed E-state index contributed by atoms with van der Waals surface area (Å²) in [5, 5.41) is 3.91. The second-order valence-electron chi connectivity index (χ2n) is 5.34. The molecule has 5 nitrogen and oxygen atoms in total. The second kappa shape index (κ2) is 5.01. The summed E-state index contributed by atoms with van der Waals surface area (Å²) in [7, 11) is -1.72. The van der Waals surface area contributed by atoms with Crippen molar-refractivity contribution in [2.24, 2.45) is 18.9 Å². The van der Waals surface area contributed by atoms with Crippen LogP contribution in [0.4, 0.5) is 0 Å². The number of nitrogens with one attached hydrogen (secondary N) is 1. The molecule has 1 saturated carbocycles. The van der Waals surface area contributed by atoms with Crippen molar-refractivity contribution in [3.05, 3.63) is 12.4 Å². The van der Waals surface area contributed by atoms with Gasteiger partial charge < -0.3 is 0 Å². The Morgan fingerprint density at radius 1 is 1.39 bits per heavy atom. The van der Waals surface area contributed by atoms with Gasteiger partial charge in [-0.2, -0.15) is 5.10 Å². The fourth-order valence-corrected chi connectivity index (χ4v) is 3.90. The maximum Gasteiger partial charge on any atom is 0.243 e. The Bertz CT molecular complexity index is 509. The number of aryl methyl sites for hydroxylation is 1. The van der Waals surface area contributed by atoms with E-state index in [4.69, 9.17) is 0 Å². The van der Waals surface area contributed by atoms with E-state index in [0.29, 0.717) is 11.8 Å². The van der Waals surface area contributed by atoms with Gasteiger partial charge in [0.05, 0.1) is 6.20 Å². The number of rotatable bonds is 3. The van der Waals surface area contributed by atoms with Crippen LogP contribution in [0.5, 0.6) is 0 Å². The molecule has 18 heavy (non-hydrogen) atoms. The molecule has 0 saturated heterocycles. The van der Waals surface area contributed by atoms with Gasteiger partial charge in [0.1, 0.15) is 4.90 Å². The molecule has 0 spiro atoms. The van der Waals surface area contributed by atoms with Crippen molar-refractivity contribution in [2.45, 2.75) is 44.0 Å². The summed E-state index contributed by atoms with van der Waals surface area (Å²) in [5.41, 5.74) is 0. The van der Waals surface area contributed by atoms with E-state index < -0.39 is 10.0 Å². The SMILES string of the molecule is CC1CCCC(NS(=O)(=O)c2cnn(C)c2)C1C. The largest absolute Gasteiger partial charge is 0.274 e. The Labute approximate surface area is 109 Å². The third-order valence-corrected chi connectivity index (χ3v) is 5.45. The van der Waals surface area contributed by atoms with Crippen LogP contribution in [0.2, 0.25) is 0 Å². The Balaban J connectivity index is 2.13. The van der Waals surface area contributed by atoms with Crippen molar-refractivity contribution in [1.82, 2.24) is 14.5 Å². The van der Waals surface area contributed by atoms with Crippen LogP contribution in [-0.4, -0.2) is 24.2 Å². The minimum Gasteiger partial charge on any atom is -0.274 e. The van der Waals surface area contributed by atoms with Crippen LogP contribution < -0.4 is 4.72 Å². The first-order valence-corrected chi connectivity index (χ1v) is 7.89. The van der Waals surface area contributed by atoms with E-state index in [2.05, 4.69) is 23.7 Å². The van der Waals surface area contributed by atoms with E-state index in [-0.39, 0.29) is 10.9 Å². The van der Waals surface area contributed by atoms with Gasteiger partial charge in [0.25, 0.3) is 0 Å². The molecular weight excluding hydrogens is 250 g/mol. The highest BCUT2D eigenvalue weighted by Crippen LogP contribution is 2.30. The van der Waals surface area contributed by atoms with Crippen molar-refractivity contribution >= 4 is 10.0 Å². The fourth-order valence-electron chi connectivity index (χ4n) is 2.55. The topological polar surface area (TPSA) is 64.0 Å². The zero-order valence-electron chi connectivity index (χ0n) is 11.1. The van der Waals surface area contributed by atoms with Crippen LogP contribution in [0.15, 0.2) is 17.3 Å². The maximum atomic E-state index is 12.2. The Morgan fingerprint density at radius 2 is 2.11 bits per heavy atom. The first kappa shape index (κ1) is 13.5. The quantitative estimate of drug-likeness (QED) is 0.906. The Morgan fingerprint density at radius 3 is 2.72 bits per heavy atom. The molecule has 1 fully saturated rings. The van der Waals surface area contributed by atoms with E-state index in [1.54, 1.807) is 7.05 Å². The predicted molar refractivity (Wildman–Crippen MR) is 69.5 cm³/mol. The molecule has 0 aliphatic heterocycles. The van der Waals surface area contributed by atoms with Gasteiger partial charge in [-0.25, -0.2) is 13.1 Å². The zero-order valence-corrected chi connectivity index (χ0v) is 11.9. The third-order valence-electron chi connectivity index (χ3n) is 4.00. The first-order chi connectivity index (χ1) is 8.40. The molecule has 1 aromatic rings. The minimum atomic E-state index is -3.43. The lowest BCUT2D eigenvalue weighted by molar-refractivity contribution is 0.227. The van der Waals surface area contributed by atoms with Crippen LogP contribution in [0.3, 0.4) is 0 Å². The second-order valence-corrected chi connectivity index (χ2v) is 7.06. The minimum absolute atomic E-state index is 0.0407. The lowest BCUT2D eigenvalue weighted by Crippen LogP contribution is -2.43. The smallest absolute Gasteiger partial charge is 0.243 e. The van der Waals surface area contributed by atoms with Crippen LogP contribution in [0.25, 0.3) is 0 Å². The average Bonchev–Trinajstić information content (AvgIpc) is 2.72. The van der Waals surface area contributed by atoms with E-state index in [0.717, 1.165) is 12.8 Å². The summed E-state index contributed by atoms with van der Waals surface area (Å²) < 4.78 is 28.7. The van der Waals surface area contributed by atoms with Crippen molar-refractivity contribution in [2.75, 3.05) is 0 Å². The standard InChI is InChI=1S/C12H21N3O2S/c1-9-5-4-6-12(10(9)2)14-18(16,17)11-7-13-15(3)8-11/h7-10,12,14H,4-6H2,1-3H3. The number of sulfonamides is 1. The van der Waals surface area contributed by atoms with Gasteiger partial charge in [0.2, 0.25) is 10.0 Å². The van der Waals surface area contributed by atoms with E-state index in [1.165, 1.54) is 23.5 Å². The summed E-state index contributed by atoms with van der Waals surface area (Å²) in [5.74, 6) is 0.950. The number of aromatic nitrogens is 2. The predicted octanol–water partition coefficient (Wildman–Crippen LogP) is 1.52. The molecule has 0 aromatic carbocycles. The van der Waals surface area contributed by atoms with Crippen LogP contribution in [0, 0.1) is 11.8 Å². The van der Waals surface area contributed by atoms with Crippen molar-refractivity contribution in [1.29, 1.82) is 0 Å². The molecule has 1 aromatic heterocycles. The lowest BCUT2D eigenvalue weighted by atomic mass is 9.78. The molecular formula is C12H21N3O2S. The zero-order chi connectivity index (χ0) is 13.3. The molecule has 102 valence electrons. The Kier molecular flexibility index (Phi) is 3.77. The van der Waals surface area contributed by atoms with Gasteiger partial charge in [-0.05, 0) is 18.3 Å². The Hall–Kier alpha value is -0.880. The fraction of sp³-hybridized carbons (Fsp3) is 0.750. The van der Waals surface area contributed by atoms with E-state index >= 15 is 0 Å². The maximum absolute atomic E-state index is 12.2. The lowest BCUT2D eigenvalue weighted by Gasteiger charge is -2.34. The molecule has 6 heteroatoms. The normalized spacial score (nSPS) is 29.4. The van der Waals surface area contributed by atoms with Gasteiger partial charge >= 0.3 is 0 Å². The molecule has 0 bridgehead atoms. The molecule has 0 radical (unpaired) electrons. The van der Waals surface area contributed by atoms with Gasteiger partial charge in [-0.3, -0.25) is 4.68 Å². The molecule has 1 heterocycles. The van der Waals surface area contributed by atoms with Gasteiger partial charge in [0.15, 0.2) is 0 Å². The highest BCUT2D eigenvalue weighted by Gasteiger charge is 2.31. The highest BCUT2D eigenvalue weighted by molar-refractivity contribution is 7.89. The van der Waals surface area contributed by atoms with Crippen LogP contribution in [-0.2, 0) is 17.1 Å². The molecule has 1 aliphatic carbocycles. The summed E-state index contributed by atoms with van der Waals surface area (Å²) >= 11 is 0. The van der Waals surface area contributed by atoms with E-state index in [1.807, 2.05) is 0 Å². The van der Waals surface area contributed by atoms with Gasteiger partial charge in [0, 0.05) is 19.3 Å². The van der Waals surface area contributed by atoms with Crippen LogP contribution in [0.1, 0.15) is 33.1 Å². The summed E-state index contributed by atoms with van der Waals surface area (Å²) in [4.78, 5) is 0.246. The molecule has 1 N–H and O–H groups in total. The molecule has 0 amide bonds. The highest BCUT2D eigenvalue weighted by atomic mass is 32.2. The average molecular weight is 271 g/mol. The van der Waals surface area contributed by atoms with Crippen molar-refractivity contribution in [3.8, 4) is 0 Å².